The van der Waals surface area contributed by atoms with E-state index in [4.69, 9.17) is 9.97 Å². The lowest BCUT2D eigenvalue weighted by Gasteiger charge is -2.33. The number of anilines is 2. The predicted octanol–water partition coefficient (Wildman–Crippen LogP) is 6.55. The molecule has 0 unspecified atom stereocenters. The molecular weight excluding hydrogens is 442 g/mol. The topological polar surface area (TPSA) is 37.2 Å². The average molecular weight is 480 g/mol. The molecule has 5 nitrogen and oxygen atoms in total. The van der Waals surface area contributed by atoms with Gasteiger partial charge in [0.05, 0.1) is 11.2 Å². The van der Waals surface area contributed by atoms with Gasteiger partial charge in [-0.05, 0) is 100.0 Å². The quantitative estimate of drug-likeness (QED) is 0.333. The van der Waals surface area contributed by atoms with Crippen LogP contribution in [0.25, 0.3) is 22.0 Å². The zero-order valence-corrected chi connectivity index (χ0v) is 22.3. The number of rotatable bonds is 4. The Morgan fingerprint density at radius 1 is 0.917 bits per heavy atom. The van der Waals surface area contributed by atoms with Crippen LogP contribution in [0.2, 0.25) is 0 Å². The predicted molar refractivity (Wildman–Crippen MR) is 149 cm³/mol. The maximum Gasteiger partial charge on any atom is 0.229 e. The molecule has 36 heavy (non-hydrogen) atoms. The van der Waals surface area contributed by atoms with Crippen molar-refractivity contribution in [2.24, 2.45) is 0 Å². The summed E-state index contributed by atoms with van der Waals surface area (Å²) in [7, 11) is 2.21. The van der Waals surface area contributed by atoms with Gasteiger partial charge in [0.1, 0.15) is 0 Å². The molecule has 0 bridgehead atoms. The number of nitrogens with zero attached hydrogens (tertiary/aromatic N) is 5. The second-order valence-electron chi connectivity index (χ2n) is 10.8. The van der Waals surface area contributed by atoms with Crippen LogP contribution in [-0.2, 0) is 13.0 Å². The molecule has 186 valence electrons. The van der Waals surface area contributed by atoms with Gasteiger partial charge in [-0.3, -0.25) is 0 Å². The van der Waals surface area contributed by atoms with Crippen LogP contribution in [0.3, 0.4) is 0 Å². The number of piperidine rings is 1. The fourth-order valence-electron chi connectivity index (χ4n) is 6.44. The van der Waals surface area contributed by atoms with Crippen molar-refractivity contribution in [3.63, 3.8) is 0 Å². The maximum absolute atomic E-state index is 4.94. The van der Waals surface area contributed by atoms with Crippen LogP contribution in [0, 0.1) is 20.8 Å². The van der Waals surface area contributed by atoms with Crippen LogP contribution in [0.15, 0.2) is 42.7 Å². The Morgan fingerprint density at radius 2 is 1.61 bits per heavy atom. The number of likely N-dealkylation sites (tertiary alicyclic amines) is 1. The smallest absolute Gasteiger partial charge is 0.229 e. The molecule has 0 N–H and O–H groups in total. The fraction of sp³-hybridized carbons (Fsp3) is 0.419. The highest BCUT2D eigenvalue weighted by Crippen LogP contribution is 2.46. The Bertz CT molecular complexity index is 1410. The van der Waals surface area contributed by atoms with Crippen molar-refractivity contribution in [2.45, 2.75) is 59.4 Å². The molecule has 4 aromatic rings. The van der Waals surface area contributed by atoms with E-state index in [2.05, 4.69) is 91.8 Å². The molecule has 0 radical (unpaired) electrons. The van der Waals surface area contributed by atoms with E-state index in [9.17, 15) is 0 Å². The third-order valence-corrected chi connectivity index (χ3v) is 8.51. The van der Waals surface area contributed by atoms with E-state index in [-0.39, 0.29) is 0 Å². The van der Waals surface area contributed by atoms with E-state index in [1.165, 1.54) is 68.5 Å². The lowest BCUT2D eigenvalue weighted by Crippen LogP contribution is -2.31. The fourth-order valence-corrected chi connectivity index (χ4v) is 6.44. The summed E-state index contributed by atoms with van der Waals surface area (Å²) in [4.78, 5) is 14.7. The van der Waals surface area contributed by atoms with E-state index in [0.29, 0.717) is 5.92 Å². The van der Waals surface area contributed by atoms with Gasteiger partial charge in [-0.2, -0.15) is 0 Å². The van der Waals surface area contributed by atoms with Gasteiger partial charge in [0, 0.05) is 36.6 Å². The maximum atomic E-state index is 4.94. The first kappa shape index (κ1) is 23.2. The first-order valence-electron chi connectivity index (χ1n) is 13.5. The van der Waals surface area contributed by atoms with Crippen molar-refractivity contribution >= 4 is 22.5 Å². The summed E-state index contributed by atoms with van der Waals surface area (Å²) in [5, 5.41) is 1.35. The van der Waals surface area contributed by atoms with Crippen LogP contribution in [0.5, 0.6) is 0 Å². The summed E-state index contributed by atoms with van der Waals surface area (Å²) in [6.45, 7) is 13.1. The van der Waals surface area contributed by atoms with E-state index >= 15 is 0 Å². The van der Waals surface area contributed by atoms with Crippen LogP contribution >= 0.6 is 0 Å². The molecule has 4 heterocycles. The van der Waals surface area contributed by atoms with Crippen molar-refractivity contribution in [2.75, 3.05) is 31.6 Å². The van der Waals surface area contributed by atoms with Crippen molar-refractivity contribution in [1.82, 2.24) is 19.4 Å². The van der Waals surface area contributed by atoms with Gasteiger partial charge >= 0.3 is 0 Å². The Kier molecular flexibility index (Phi) is 5.83. The van der Waals surface area contributed by atoms with Crippen LogP contribution in [0.4, 0.5) is 11.6 Å². The Balaban J connectivity index is 1.47. The van der Waals surface area contributed by atoms with Crippen molar-refractivity contribution < 1.29 is 0 Å². The number of hydrogen-bond acceptors (Lipinski definition) is 4. The van der Waals surface area contributed by atoms with Gasteiger partial charge in [-0.15, -0.1) is 0 Å². The minimum absolute atomic E-state index is 0.574. The largest absolute Gasteiger partial charge is 0.341 e. The Hall–Kier alpha value is -3.18. The summed E-state index contributed by atoms with van der Waals surface area (Å²) in [5.41, 5.74) is 12.0. The third kappa shape index (κ3) is 3.72. The molecule has 2 aromatic carbocycles. The molecule has 0 spiro atoms. The number of benzene rings is 2. The number of hydrogen-bond donors (Lipinski definition) is 0. The second kappa shape index (κ2) is 9.04. The molecule has 0 atom stereocenters. The standard InChI is InChI=1S/C31H37N5/c1-6-26-22(4)29-30-27(28(26)24-9-7-20(2)8-10-24)17-21(3)35(30)15-16-36(29)31-32-18-25(19-33-31)23-11-13-34(5)14-12-23/h7-10,17-19,23H,6,11-16H2,1-5H3. The normalized spacial score (nSPS) is 16.8. The average Bonchev–Trinajstić information content (AvgIpc) is 3.23. The van der Waals surface area contributed by atoms with Gasteiger partial charge in [0.25, 0.3) is 0 Å². The number of aryl methyl sites for hydroxylation is 2. The molecule has 2 aliphatic rings. The van der Waals surface area contributed by atoms with E-state index in [1.54, 1.807) is 0 Å². The summed E-state index contributed by atoms with van der Waals surface area (Å²) < 4.78 is 2.50. The third-order valence-electron chi connectivity index (χ3n) is 8.51. The van der Waals surface area contributed by atoms with Crippen molar-refractivity contribution in [3.05, 3.63) is 70.7 Å². The van der Waals surface area contributed by atoms with Crippen LogP contribution in [0.1, 0.15) is 53.6 Å². The van der Waals surface area contributed by atoms with Gasteiger partial charge in [-0.25, -0.2) is 9.97 Å². The highest BCUT2D eigenvalue weighted by atomic mass is 15.3. The van der Waals surface area contributed by atoms with Gasteiger partial charge in [0.2, 0.25) is 5.95 Å². The minimum Gasteiger partial charge on any atom is -0.341 e. The van der Waals surface area contributed by atoms with E-state index < -0.39 is 0 Å². The summed E-state index contributed by atoms with van der Waals surface area (Å²) >= 11 is 0. The van der Waals surface area contributed by atoms with Crippen molar-refractivity contribution in [1.29, 1.82) is 0 Å². The molecule has 6 rings (SSSR count). The molecule has 1 fully saturated rings. The molecule has 1 saturated heterocycles. The minimum atomic E-state index is 0.574. The first-order chi connectivity index (χ1) is 17.5. The molecule has 0 amide bonds. The summed E-state index contributed by atoms with van der Waals surface area (Å²) in [6.07, 6.45) is 7.55. The monoisotopic (exact) mass is 479 g/mol. The highest BCUT2D eigenvalue weighted by Gasteiger charge is 2.29. The Morgan fingerprint density at radius 3 is 2.28 bits per heavy atom. The van der Waals surface area contributed by atoms with Crippen LogP contribution < -0.4 is 4.90 Å². The van der Waals surface area contributed by atoms with Crippen molar-refractivity contribution in [3.8, 4) is 11.1 Å². The Labute approximate surface area is 214 Å². The summed E-state index contributed by atoms with van der Waals surface area (Å²) in [6, 6.07) is 11.4. The van der Waals surface area contributed by atoms with Gasteiger partial charge in [0.15, 0.2) is 0 Å². The molecular formula is C31H37N5. The lowest BCUT2D eigenvalue weighted by atomic mass is 9.89. The van der Waals surface area contributed by atoms with E-state index in [0.717, 1.165) is 38.5 Å². The zero-order valence-electron chi connectivity index (χ0n) is 22.3. The summed E-state index contributed by atoms with van der Waals surface area (Å²) in [5.74, 6) is 1.40. The van der Waals surface area contributed by atoms with Gasteiger partial charge in [-0.1, -0.05) is 36.8 Å². The molecule has 2 aromatic heterocycles. The molecule has 0 saturated carbocycles. The number of aromatic nitrogens is 3. The molecule has 5 heteroatoms. The zero-order chi connectivity index (χ0) is 25.0. The molecule has 2 aliphatic heterocycles. The molecule has 0 aliphatic carbocycles. The van der Waals surface area contributed by atoms with Crippen LogP contribution in [-0.4, -0.2) is 46.1 Å². The highest BCUT2D eigenvalue weighted by molar-refractivity contribution is 6.07. The first-order valence-corrected chi connectivity index (χ1v) is 13.5. The second-order valence-corrected chi connectivity index (χ2v) is 10.8. The van der Waals surface area contributed by atoms with Gasteiger partial charge < -0.3 is 14.4 Å². The van der Waals surface area contributed by atoms with E-state index in [1.807, 2.05) is 0 Å². The lowest BCUT2D eigenvalue weighted by molar-refractivity contribution is 0.255. The SMILES string of the molecule is CCc1c(C)c2c3c(cc(C)n3CCN2c2ncc(C3CCN(C)CC3)cn2)c1-c1ccc(C)cc1.